The van der Waals surface area contributed by atoms with Crippen LogP contribution in [0.5, 0.6) is 0 Å². The summed E-state index contributed by atoms with van der Waals surface area (Å²) < 4.78 is 38.5. The molecule has 7 heteroatoms. The van der Waals surface area contributed by atoms with Crippen LogP contribution in [0.3, 0.4) is 0 Å². The van der Waals surface area contributed by atoms with Gasteiger partial charge in [-0.3, -0.25) is 9.59 Å². The highest BCUT2D eigenvalue weighted by Gasteiger charge is 2.39. The van der Waals surface area contributed by atoms with Crippen LogP contribution in [0.15, 0.2) is 18.2 Å². The molecule has 2 amide bonds. The number of carbonyl (C=O) groups is 2. The molecule has 18 heavy (non-hydrogen) atoms. The number of nitrogens with zero attached hydrogens (tertiary/aromatic N) is 1. The number of alkyl halides is 3. The van der Waals surface area contributed by atoms with Crippen molar-refractivity contribution in [2.24, 2.45) is 0 Å². The van der Waals surface area contributed by atoms with Gasteiger partial charge in [0.25, 0.3) is 0 Å². The van der Waals surface area contributed by atoms with E-state index in [0.717, 1.165) is 6.07 Å². The first-order valence-corrected chi connectivity index (χ1v) is 5.41. The van der Waals surface area contributed by atoms with Gasteiger partial charge in [0.05, 0.1) is 11.3 Å². The molecule has 1 heterocycles. The quantitative estimate of drug-likeness (QED) is 0.740. The molecule has 1 aliphatic rings. The van der Waals surface area contributed by atoms with E-state index < -0.39 is 29.2 Å². The van der Waals surface area contributed by atoms with Gasteiger partial charge in [-0.15, -0.1) is 0 Å². The average molecular weight is 278 g/mol. The molecule has 0 bridgehead atoms. The minimum Gasteiger partial charge on any atom is -0.274 e. The van der Waals surface area contributed by atoms with Gasteiger partial charge < -0.3 is 0 Å². The van der Waals surface area contributed by atoms with Crippen molar-refractivity contribution in [1.82, 2.24) is 0 Å². The van der Waals surface area contributed by atoms with E-state index in [0.29, 0.717) is 11.0 Å². The van der Waals surface area contributed by atoms with E-state index in [1.807, 2.05) is 0 Å². The van der Waals surface area contributed by atoms with Crippen molar-refractivity contribution in [3.63, 3.8) is 0 Å². The number of hydrogen-bond acceptors (Lipinski definition) is 2. The van der Waals surface area contributed by atoms with Crippen molar-refractivity contribution < 1.29 is 22.8 Å². The summed E-state index contributed by atoms with van der Waals surface area (Å²) in [6, 6.07) is 2.95. The van der Waals surface area contributed by atoms with E-state index in [1.54, 1.807) is 0 Å². The van der Waals surface area contributed by atoms with Crippen molar-refractivity contribution in [2.45, 2.75) is 19.0 Å². The molecule has 1 aromatic rings. The number of imide groups is 1. The Balaban J connectivity index is 2.57. The van der Waals surface area contributed by atoms with Gasteiger partial charge in [0.15, 0.2) is 0 Å². The molecule has 0 radical (unpaired) electrons. The van der Waals surface area contributed by atoms with E-state index in [1.165, 1.54) is 6.07 Å². The SMILES string of the molecule is O=C1CCC(=O)N1c1ccc(Cl)cc1C(F)(F)F. The highest BCUT2D eigenvalue weighted by Crippen LogP contribution is 2.39. The standard InChI is InChI=1S/C11H7ClF3NO2/c12-6-1-2-8(7(5-6)11(13,14)15)16-9(17)3-4-10(16)18/h1-2,5H,3-4H2. The van der Waals surface area contributed by atoms with Crippen molar-refractivity contribution in [1.29, 1.82) is 0 Å². The normalized spacial score (nSPS) is 16.6. The molecule has 1 saturated heterocycles. The maximum atomic E-state index is 12.8. The number of anilines is 1. The molecule has 0 spiro atoms. The Kier molecular flexibility index (Phi) is 3.06. The van der Waals surface area contributed by atoms with Crippen LogP contribution in [-0.4, -0.2) is 11.8 Å². The Morgan fingerprint density at radius 1 is 1.11 bits per heavy atom. The monoisotopic (exact) mass is 277 g/mol. The zero-order valence-electron chi connectivity index (χ0n) is 8.92. The van der Waals surface area contributed by atoms with Crippen LogP contribution in [-0.2, 0) is 15.8 Å². The van der Waals surface area contributed by atoms with E-state index in [4.69, 9.17) is 11.6 Å². The molecule has 1 aromatic carbocycles. The molecule has 0 aliphatic carbocycles. The van der Waals surface area contributed by atoms with Gasteiger partial charge in [-0.05, 0) is 18.2 Å². The second-order valence-corrected chi connectivity index (χ2v) is 4.22. The fraction of sp³-hybridized carbons (Fsp3) is 0.273. The lowest BCUT2D eigenvalue weighted by atomic mass is 10.1. The van der Waals surface area contributed by atoms with Crippen molar-refractivity contribution >= 4 is 29.1 Å². The maximum absolute atomic E-state index is 12.8. The van der Waals surface area contributed by atoms with Crippen LogP contribution in [0, 0.1) is 0 Å². The average Bonchev–Trinajstić information content (AvgIpc) is 2.58. The molecule has 3 nitrogen and oxygen atoms in total. The topological polar surface area (TPSA) is 37.4 Å². The third-order valence-corrected chi connectivity index (χ3v) is 2.79. The predicted octanol–water partition coefficient (Wildman–Crippen LogP) is 3.01. The summed E-state index contributed by atoms with van der Waals surface area (Å²) in [4.78, 5) is 23.5. The molecule has 0 saturated carbocycles. The first kappa shape index (κ1) is 12.9. The summed E-state index contributed by atoms with van der Waals surface area (Å²) in [5.74, 6) is -1.26. The Morgan fingerprint density at radius 3 is 2.17 bits per heavy atom. The van der Waals surface area contributed by atoms with Gasteiger partial charge in [-0.25, -0.2) is 4.90 Å². The van der Waals surface area contributed by atoms with Crippen molar-refractivity contribution in [3.8, 4) is 0 Å². The molecule has 96 valence electrons. The summed E-state index contributed by atoms with van der Waals surface area (Å²) >= 11 is 5.51. The van der Waals surface area contributed by atoms with Crippen LogP contribution < -0.4 is 4.90 Å². The fourth-order valence-electron chi connectivity index (χ4n) is 1.78. The van der Waals surface area contributed by atoms with Crippen LogP contribution in [0.1, 0.15) is 18.4 Å². The fourth-order valence-corrected chi connectivity index (χ4v) is 1.95. The summed E-state index contributed by atoms with van der Waals surface area (Å²) in [6.45, 7) is 0. The highest BCUT2D eigenvalue weighted by molar-refractivity contribution is 6.31. The largest absolute Gasteiger partial charge is 0.418 e. The van der Waals surface area contributed by atoms with E-state index in [2.05, 4.69) is 0 Å². The lowest BCUT2D eigenvalue weighted by Crippen LogP contribution is -2.30. The van der Waals surface area contributed by atoms with Crippen LogP contribution in [0.25, 0.3) is 0 Å². The van der Waals surface area contributed by atoms with E-state index >= 15 is 0 Å². The van der Waals surface area contributed by atoms with Crippen molar-refractivity contribution in [3.05, 3.63) is 28.8 Å². The summed E-state index contributed by atoms with van der Waals surface area (Å²) in [5.41, 5.74) is -1.54. The first-order valence-electron chi connectivity index (χ1n) is 5.03. The number of rotatable bonds is 1. The summed E-state index contributed by atoms with van der Waals surface area (Å²) in [5, 5.41) is -0.106. The molecule has 0 N–H and O–H groups in total. The van der Waals surface area contributed by atoms with Crippen LogP contribution >= 0.6 is 11.6 Å². The van der Waals surface area contributed by atoms with Crippen molar-refractivity contribution in [2.75, 3.05) is 4.90 Å². The van der Waals surface area contributed by atoms with Gasteiger partial charge in [0, 0.05) is 17.9 Å². The molecule has 0 atom stereocenters. The molecule has 1 fully saturated rings. The molecule has 1 aliphatic heterocycles. The molecule has 2 rings (SSSR count). The van der Waals surface area contributed by atoms with Gasteiger partial charge >= 0.3 is 6.18 Å². The Morgan fingerprint density at radius 2 is 1.67 bits per heavy atom. The number of hydrogen-bond donors (Lipinski definition) is 0. The minimum absolute atomic E-state index is 0.0707. The predicted molar refractivity (Wildman–Crippen MR) is 58.2 cm³/mol. The summed E-state index contributed by atoms with van der Waals surface area (Å²) in [6.07, 6.45) is -4.82. The van der Waals surface area contributed by atoms with Crippen LogP contribution in [0.4, 0.5) is 18.9 Å². The Labute approximate surface area is 105 Å². The van der Waals surface area contributed by atoms with Gasteiger partial charge in [0.1, 0.15) is 0 Å². The van der Waals surface area contributed by atoms with Gasteiger partial charge in [0.2, 0.25) is 11.8 Å². The number of carbonyl (C=O) groups excluding carboxylic acids is 2. The number of amides is 2. The molecular formula is C11H7ClF3NO2. The number of benzene rings is 1. The van der Waals surface area contributed by atoms with E-state index in [9.17, 15) is 22.8 Å². The maximum Gasteiger partial charge on any atom is 0.418 e. The zero-order valence-corrected chi connectivity index (χ0v) is 9.68. The second kappa shape index (κ2) is 4.28. The lowest BCUT2D eigenvalue weighted by molar-refractivity contribution is -0.137. The van der Waals surface area contributed by atoms with Crippen LogP contribution in [0.2, 0.25) is 5.02 Å². The Bertz CT molecular complexity index is 512. The van der Waals surface area contributed by atoms with Gasteiger partial charge in [-0.1, -0.05) is 11.6 Å². The van der Waals surface area contributed by atoms with Gasteiger partial charge in [-0.2, -0.15) is 13.2 Å². The molecule has 0 unspecified atom stereocenters. The lowest BCUT2D eigenvalue weighted by Gasteiger charge is -2.19. The molecule has 0 aromatic heterocycles. The van der Waals surface area contributed by atoms with E-state index in [-0.39, 0.29) is 17.9 Å². The zero-order chi connectivity index (χ0) is 13.5. The smallest absolute Gasteiger partial charge is 0.274 e. The third-order valence-electron chi connectivity index (χ3n) is 2.56. The number of halogens is 4. The highest BCUT2D eigenvalue weighted by atomic mass is 35.5. The summed E-state index contributed by atoms with van der Waals surface area (Å²) in [7, 11) is 0. The second-order valence-electron chi connectivity index (χ2n) is 3.78. The third kappa shape index (κ3) is 2.20. The minimum atomic E-state index is -4.68. The molecular weight excluding hydrogens is 271 g/mol. The Hall–Kier alpha value is -1.56. The first-order chi connectivity index (χ1) is 8.30.